The Morgan fingerprint density at radius 3 is 2.52 bits per heavy atom. The Balaban J connectivity index is 2.23. The second kappa shape index (κ2) is 6.18. The number of hydrogen-bond acceptors (Lipinski definition) is 2. The Morgan fingerprint density at radius 1 is 1.33 bits per heavy atom. The molecule has 0 spiro atoms. The van der Waals surface area contributed by atoms with E-state index in [1.165, 1.54) is 19.2 Å². The Hall–Kier alpha value is -2.01. The molecule has 1 N–H and O–H groups in total. The molecular weight excluding hydrogens is 298 g/mol. The van der Waals surface area contributed by atoms with E-state index in [-0.39, 0.29) is 16.1 Å². The number of halogens is 3. The van der Waals surface area contributed by atoms with Crippen molar-refractivity contribution in [1.82, 2.24) is 10.3 Å². The maximum Gasteiger partial charge on any atom is 0.254 e. The van der Waals surface area contributed by atoms with Gasteiger partial charge in [0, 0.05) is 17.5 Å². The number of carbonyl (C=O) groups is 1. The average Bonchev–Trinajstić information content (AvgIpc) is 2.37. The minimum Gasteiger partial charge on any atom is -0.345 e. The lowest BCUT2D eigenvalue weighted by atomic mass is 10.1. The van der Waals surface area contributed by atoms with Crippen molar-refractivity contribution in [2.45, 2.75) is 19.9 Å². The molecule has 1 aromatic heterocycles. The molecule has 0 radical (unpaired) electrons. The van der Waals surface area contributed by atoms with Crippen molar-refractivity contribution < 1.29 is 13.6 Å². The fraction of sp³-hybridized carbons (Fsp3) is 0.200. The number of rotatable bonds is 3. The van der Waals surface area contributed by atoms with E-state index in [4.69, 9.17) is 11.6 Å². The fourth-order valence-electron chi connectivity index (χ4n) is 1.96. The van der Waals surface area contributed by atoms with E-state index in [0.717, 1.165) is 12.1 Å². The summed E-state index contributed by atoms with van der Waals surface area (Å²) in [6.45, 7) is 3.24. The Morgan fingerprint density at radius 2 is 1.95 bits per heavy atom. The molecule has 0 saturated heterocycles. The van der Waals surface area contributed by atoms with E-state index in [2.05, 4.69) is 10.3 Å². The molecule has 6 heteroatoms. The van der Waals surface area contributed by atoms with Gasteiger partial charge in [-0.05, 0) is 32.0 Å². The summed E-state index contributed by atoms with van der Waals surface area (Å²) in [7, 11) is 0. The van der Waals surface area contributed by atoms with Crippen LogP contribution in [0.3, 0.4) is 0 Å². The lowest BCUT2D eigenvalue weighted by Gasteiger charge is -2.16. The van der Waals surface area contributed by atoms with Crippen molar-refractivity contribution in [3.05, 3.63) is 63.9 Å². The largest absolute Gasteiger partial charge is 0.345 e. The molecule has 2 rings (SSSR count). The van der Waals surface area contributed by atoms with Gasteiger partial charge < -0.3 is 5.32 Å². The first-order valence-electron chi connectivity index (χ1n) is 6.27. The number of benzene rings is 1. The molecule has 0 fully saturated rings. The smallest absolute Gasteiger partial charge is 0.254 e. The first-order chi connectivity index (χ1) is 9.90. The van der Waals surface area contributed by atoms with Gasteiger partial charge in [0.25, 0.3) is 5.91 Å². The summed E-state index contributed by atoms with van der Waals surface area (Å²) < 4.78 is 27.3. The molecule has 0 aliphatic carbocycles. The number of nitrogens with one attached hydrogen (secondary N) is 1. The van der Waals surface area contributed by atoms with Gasteiger partial charge in [-0.1, -0.05) is 17.7 Å². The molecule has 1 aromatic carbocycles. The van der Waals surface area contributed by atoms with Crippen LogP contribution in [0, 0.1) is 18.6 Å². The Bertz CT molecular complexity index is 671. The highest BCUT2D eigenvalue weighted by Gasteiger charge is 2.20. The molecule has 1 atom stereocenters. The van der Waals surface area contributed by atoms with Gasteiger partial charge in [-0.2, -0.15) is 0 Å². The molecule has 110 valence electrons. The SMILES string of the molecule is Cc1cc(Cl)c(C(=O)NC(C)c2c(F)cccc2F)cn1. The lowest BCUT2D eigenvalue weighted by Crippen LogP contribution is -2.28. The van der Waals surface area contributed by atoms with Crippen LogP contribution in [0.5, 0.6) is 0 Å². The molecule has 1 unspecified atom stereocenters. The predicted octanol–water partition coefficient (Wildman–Crippen LogP) is 3.81. The van der Waals surface area contributed by atoms with Gasteiger partial charge in [-0.3, -0.25) is 9.78 Å². The zero-order valence-electron chi connectivity index (χ0n) is 11.5. The van der Waals surface area contributed by atoms with Gasteiger partial charge in [0.1, 0.15) is 11.6 Å². The lowest BCUT2D eigenvalue weighted by molar-refractivity contribution is 0.0938. The van der Waals surface area contributed by atoms with Crippen molar-refractivity contribution >= 4 is 17.5 Å². The third-order valence-electron chi connectivity index (χ3n) is 3.02. The summed E-state index contributed by atoms with van der Waals surface area (Å²) in [5, 5.41) is 2.75. The van der Waals surface area contributed by atoms with Crippen LogP contribution in [-0.4, -0.2) is 10.9 Å². The number of carbonyl (C=O) groups excluding carboxylic acids is 1. The minimum atomic E-state index is -0.837. The van der Waals surface area contributed by atoms with Crippen LogP contribution in [0.25, 0.3) is 0 Å². The van der Waals surface area contributed by atoms with Gasteiger partial charge in [-0.15, -0.1) is 0 Å². The summed E-state index contributed by atoms with van der Waals surface area (Å²) in [6.07, 6.45) is 1.33. The number of aromatic nitrogens is 1. The molecule has 3 nitrogen and oxygen atoms in total. The van der Waals surface area contributed by atoms with Crippen LogP contribution in [0.2, 0.25) is 5.02 Å². The zero-order chi connectivity index (χ0) is 15.6. The van der Waals surface area contributed by atoms with E-state index < -0.39 is 23.6 Å². The van der Waals surface area contributed by atoms with Crippen LogP contribution in [0.15, 0.2) is 30.5 Å². The van der Waals surface area contributed by atoms with Gasteiger partial charge >= 0.3 is 0 Å². The highest BCUT2D eigenvalue weighted by molar-refractivity contribution is 6.33. The molecule has 0 aliphatic heterocycles. The van der Waals surface area contributed by atoms with Crippen LogP contribution < -0.4 is 5.32 Å². The van der Waals surface area contributed by atoms with Crippen molar-refractivity contribution in [3.8, 4) is 0 Å². The minimum absolute atomic E-state index is 0.158. The topological polar surface area (TPSA) is 42.0 Å². The predicted molar refractivity (Wildman–Crippen MR) is 76.2 cm³/mol. The maximum atomic E-state index is 13.7. The monoisotopic (exact) mass is 310 g/mol. The van der Waals surface area contributed by atoms with Gasteiger partial charge in [0.15, 0.2) is 0 Å². The van der Waals surface area contributed by atoms with Crippen LogP contribution in [-0.2, 0) is 0 Å². The molecule has 21 heavy (non-hydrogen) atoms. The Labute approximate surface area is 126 Å². The average molecular weight is 311 g/mol. The van der Waals surface area contributed by atoms with E-state index in [1.807, 2.05) is 0 Å². The molecule has 0 saturated carbocycles. The highest BCUT2D eigenvalue weighted by Crippen LogP contribution is 2.22. The number of hydrogen-bond donors (Lipinski definition) is 1. The van der Waals surface area contributed by atoms with Crippen molar-refractivity contribution in [1.29, 1.82) is 0 Å². The molecule has 1 heterocycles. The number of nitrogens with zero attached hydrogens (tertiary/aromatic N) is 1. The first kappa shape index (κ1) is 15.4. The molecule has 0 bridgehead atoms. The third kappa shape index (κ3) is 3.36. The van der Waals surface area contributed by atoms with Crippen LogP contribution in [0.4, 0.5) is 8.78 Å². The van der Waals surface area contributed by atoms with Crippen LogP contribution >= 0.6 is 11.6 Å². The van der Waals surface area contributed by atoms with Gasteiger partial charge in [0.2, 0.25) is 0 Å². The second-order valence-corrected chi connectivity index (χ2v) is 5.04. The van der Waals surface area contributed by atoms with E-state index in [9.17, 15) is 13.6 Å². The Kier molecular flexibility index (Phi) is 4.53. The molecular formula is C15H13ClF2N2O. The molecule has 0 aliphatic rings. The van der Waals surface area contributed by atoms with Crippen LogP contribution in [0.1, 0.15) is 34.6 Å². The second-order valence-electron chi connectivity index (χ2n) is 4.64. The van der Waals surface area contributed by atoms with Gasteiger partial charge in [-0.25, -0.2) is 8.78 Å². The standard InChI is InChI=1S/C15H13ClF2N2O/c1-8-6-11(16)10(7-19-8)15(21)20-9(2)14-12(17)4-3-5-13(14)18/h3-7,9H,1-2H3,(H,20,21). The van der Waals surface area contributed by atoms with E-state index in [1.54, 1.807) is 13.0 Å². The fourth-order valence-corrected chi connectivity index (χ4v) is 2.26. The number of amides is 1. The van der Waals surface area contributed by atoms with Crippen molar-refractivity contribution in [2.24, 2.45) is 0 Å². The normalized spacial score (nSPS) is 12.0. The summed E-state index contributed by atoms with van der Waals surface area (Å²) in [4.78, 5) is 16.1. The first-order valence-corrected chi connectivity index (χ1v) is 6.65. The summed E-state index contributed by atoms with van der Waals surface area (Å²) in [5.41, 5.74) is 0.637. The molecule has 1 amide bonds. The van der Waals surface area contributed by atoms with Gasteiger partial charge in [0.05, 0.1) is 16.6 Å². The highest BCUT2D eigenvalue weighted by atomic mass is 35.5. The summed E-state index contributed by atoms with van der Waals surface area (Å²) in [5.74, 6) is -1.96. The quantitative estimate of drug-likeness (QED) is 0.936. The number of pyridine rings is 1. The van der Waals surface area contributed by atoms with E-state index >= 15 is 0 Å². The van der Waals surface area contributed by atoms with Crippen molar-refractivity contribution in [2.75, 3.05) is 0 Å². The number of aryl methyl sites for hydroxylation is 1. The van der Waals surface area contributed by atoms with Crippen molar-refractivity contribution in [3.63, 3.8) is 0 Å². The van der Waals surface area contributed by atoms with E-state index in [0.29, 0.717) is 5.69 Å². The third-order valence-corrected chi connectivity index (χ3v) is 3.33. The zero-order valence-corrected chi connectivity index (χ0v) is 12.2. The maximum absolute atomic E-state index is 13.7. The summed E-state index contributed by atoms with van der Waals surface area (Å²) in [6, 6.07) is 4.26. The molecule has 2 aromatic rings. The summed E-state index contributed by atoms with van der Waals surface area (Å²) >= 11 is 5.97.